The van der Waals surface area contributed by atoms with Gasteiger partial charge in [0.25, 0.3) is 0 Å². The van der Waals surface area contributed by atoms with E-state index in [4.69, 9.17) is 9.47 Å². The van der Waals surface area contributed by atoms with Crippen LogP contribution in [0.15, 0.2) is 42.6 Å². The molecule has 0 bridgehead atoms. The molecule has 1 heterocycles. The molecule has 0 saturated heterocycles. The van der Waals surface area contributed by atoms with E-state index in [1.807, 2.05) is 18.3 Å². The number of nitrogens with zero attached hydrogens (tertiary/aromatic N) is 1. The van der Waals surface area contributed by atoms with Gasteiger partial charge in [-0.1, -0.05) is 78.2 Å². The van der Waals surface area contributed by atoms with Crippen LogP contribution in [-0.4, -0.2) is 18.2 Å². The number of unbranched alkanes of at least 4 members (excludes halogenated alkanes) is 6. The molecule has 0 aliphatic carbocycles. The SMILES string of the molecule is CCCCCCCOCc1ccc(-c2ccc(OCCCCCC(C)CC)cc2)nc1. The van der Waals surface area contributed by atoms with Gasteiger partial charge in [0.05, 0.1) is 18.9 Å². The molecule has 1 aromatic carbocycles. The van der Waals surface area contributed by atoms with E-state index < -0.39 is 0 Å². The predicted molar refractivity (Wildman–Crippen MR) is 132 cm³/mol. The largest absolute Gasteiger partial charge is 0.494 e. The third kappa shape index (κ3) is 10.8. The lowest BCUT2D eigenvalue weighted by Crippen LogP contribution is -1.98. The molecular formula is C28H43NO2. The van der Waals surface area contributed by atoms with Gasteiger partial charge < -0.3 is 9.47 Å². The van der Waals surface area contributed by atoms with E-state index >= 15 is 0 Å². The summed E-state index contributed by atoms with van der Waals surface area (Å²) in [5.41, 5.74) is 3.23. The monoisotopic (exact) mass is 425 g/mol. The minimum absolute atomic E-state index is 0.644. The molecule has 2 rings (SSSR count). The van der Waals surface area contributed by atoms with E-state index in [9.17, 15) is 0 Å². The lowest BCUT2D eigenvalue weighted by atomic mass is 10.0. The van der Waals surface area contributed by atoms with Crippen molar-refractivity contribution in [2.75, 3.05) is 13.2 Å². The van der Waals surface area contributed by atoms with Gasteiger partial charge in [-0.15, -0.1) is 0 Å². The van der Waals surface area contributed by atoms with Gasteiger partial charge in [0, 0.05) is 18.4 Å². The average Bonchev–Trinajstić information content (AvgIpc) is 2.81. The molecule has 3 nitrogen and oxygen atoms in total. The molecule has 0 saturated carbocycles. The Labute approximate surface area is 190 Å². The quantitative estimate of drug-likeness (QED) is 0.239. The highest BCUT2D eigenvalue weighted by Gasteiger charge is 2.02. The first-order chi connectivity index (χ1) is 15.2. The smallest absolute Gasteiger partial charge is 0.119 e. The number of benzene rings is 1. The summed E-state index contributed by atoms with van der Waals surface area (Å²) < 4.78 is 11.7. The maximum atomic E-state index is 5.90. The van der Waals surface area contributed by atoms with Gasteiger partial charge in [-0.25, -0.2) is 0 Å². The van der Waals surface area contributed by atoms with Crippen molar-refractivity contribution in [3.63, 3.8) is 0 Å². The number of pyridine rings is 1. The van der Waals surface area contributed by atoms with Gasteiger partial charge in [-0.05, 0) is 54.7 Å². The third-order valence-electron chi connectivity index (χ3n) is 5.94. The van der Waals surface area contributed by atoms with Crippen LogP contribution in [0.1, 0.15) is 90.5 Å². The normalized spacial score (nSPS) is 12.1. The fourth-order valence-electron chi connectivity index (χ4n) is 3.57. The van der Waals surface area contributed by atoms with Crippen molar-refractivity contribution in [2.45, 2.75) is 91.6 Å². The summed E-state index contributed by atoms with van der Waals surface area (Å²) in [5.74, 6) is 1.79. The van der Waals surface area contributed by atoms with E-state index in [0.717, 1.165) is 54.5 Å². The van der Waals surface area contributed by atoms with E-state index in [1.54, 1.807) is 0 Å². The van der Waals surface area contributed by atoms with Crippen LogP contribution in [0.2, 0.25) is 0 Å². The molecule has 0 aliphatic heterocycles. The first-order valence-electron chi connectivity index (χ1n) is 12.5. The predicted octanol–water partition coefficient (Wildman–Crippen LogP) is 8.22. The van der Waals surface area contributed by atoms with Gasteiger partial charge in [0.1, 0.15) is 5.75 Å². The Morgan fingerprint density at radius 2 is 1.55 bits per heavy atom. The maximum Gasteiger partial charge on any atom is 0.119 e. The number of ether oxygens (including phenoxy) is 2. The summed E-state index contributed by atoms with van der Waals surface area (Å²) in [7, 11) is 0. The van der Waals surface area contributed by atoms with E-state index in [-0.39, 0.29) is 0 Å². The molecule has 1 aromatic heterocycles. The van der Waals surface area contributed by atoms with Gasteiger partial charge in [-0.2, -0.15) is 0 Å². The summed E-state index contributed by atoms with van der Waals surface area (Å²) in [6, 6.07) is 12.5. The van der Waals surface area contributed by atoms with E-state index in [1.165, 1.54) is 51.4 Å². The van der Waals surface area contributed by atoms with Gasteiger partial charge >= 0.3 is 0 Å². The zero-order chi connectivity index (χ0) is 22.2. The molecule has 0 aliphatic rings. The number of aromatic nitrogens is 1. The summed E-state index contributed by atoms with van der Waals surface area (Å²) in [6.45, 7) is 9.13. The molecular weight excluding hydrogens is 382 g/mol. The van der Waals surface area contributed by atoms with Crippen molar-refractivity contribution in [2.24, 2.45) is 5.92 Å². The molecule has 2 aromatic rings. The van der Waals surface area contributed by atoms with Crippen LogP contribution in [0, 0.1) is 5.92 Å². The summed E-state index contributed by atoms with van der Waals surface area (Å²) in [6.07, 6.45) is 14.6. The van der Waals surface area contributed by atoms with Crippen LogP contribution in [0.25, 0.3) is 11.3 Å². The fourth-order valence-corrected chi connectivity index (χ4v) is 3.57. The first-order valence-corrected chi connectivity index (χ1v) is 12.5. The van der Waals surface area contributed by atoms with Gasteiger partial charge in [-0.3, -0.25) is 4.98 Å². The Hall–Kier alpha value is -1.87. The minimum Gasteiger partial charge on any atom is -0.494 e. The topological polar surface area (TPSA) is 31.4 Å². The summed E-state index contributed by atoms with van der Waals surface area (Å²) >= 11 is 0. The molecule has 0 radical (unpaired) electrons. The lowest BCUT2D eigenvalue weighted by molar-refractivity contribution is 0.116. The molecule has 0 spiro atoms. The Kier molecular flexibility index (Phi) is 13.0. The fraction of sp³-hybridized carbons (Fsp3) is 0.607. The van der Waals surface area contributed by atoms with Crippen molar-refractivity contribution < 1.29 is 9.47 Å². The highest BCUT2D eigenvalue weighted by atomic mass is 16.5. The average molecular weight is 426 g/mol. The first kappa shape index (κ1) is 25.4. The van der Waals surface area contributed by atoms with Crippen molar-refractivity contribution >= 4 is 0 Å². The third-order valence-corrected chi connectivity index (χ3v) is 5.94. The Morgan fingerprint density at radius 1 is 0.806 bits per heavy atom. The Balaban J connectivity index is 1.65. The van der Waals surface area contributed by atoms with Crippen molar-refractivity contribution in [1.82, 2.24) is 4.98 Å². The summed E-state index contributed by atoms with van der Waals surface area (Å²) in [5, 5.41) is 0. The number of hydrogen-bond acceptors (Lipinski definition) is 3. The van der Waals surface area contributed by atoms with Gasteiger partial charge in [0.2, 0.25) is 0 Å². The van der Waals surface area contributed by atoms with Crippen LogP contribution in [0.5, 0.6) is 5.75 Å². The number of hydrogen-bond donors (Lipinski definition) is 0. The summed E-state index contributed by atoms with van der Waals surface area (Å²) in [4.78, 5) is 4.61. The van der Waals surface area contributed by atoms with Gasteiger partial charge in [0.15, 0.2) is 0 Å². The van der Waals surface area contributed by atoms with Crippen LogP contribution in [0.4, 0.5) is 0 Å². The molecule has 0 N–H and O–H groups in total. The highest BCUT2D eigenvalue weighted by molar-refractivity contribution is 5.60. The second-order valence-corrected chi connectivity index (χ2v) is 8.75. The van der Waals surface area contributed by atoms with Crippen LogP contribution in [0.3, 0.4) is 0 Å². The standard InChI is InChI=1S/C28H43NO2/c1-4-6-7-8-11-20-30-23-25-14-19-28(29-22-25)26-15-17-27(18-16-26)31-21-12-9-10-13-24(3)5-2/h14-19,22,24H,4-13,20-21,23H2,1-3H3. The molecule has 1 atom stereocenters. The van der Waals surface area contributed by atoms with Crippen molar-refractivity contribution in [3.8, 4) is 17.0 Å². The second-order valence-electron chi connectivity index (χ2n) is 8.75. The van der Waals surface area contributed by atoms with E-state index in [2.05, 4.69) is 50.0 Å². The Morgan fingerprint density at radius 3 is 2.26 bits per heavy atom. The zero-order valence-corrected chi connectivity index (χ0v) is 20.1. The molecule has 31 heavy (non-hydrogen) atoms. The maximum absolute atomic E-state index is 5.90. The number of rotatable bonds is 17. The van der Waals surface area contributed by atoms with Crippen LogP contribution < -0.4 is 4.74 Å². The molecule has 3 heteroatoms. The molecule has 172 valence electrons. The Bertz CT molecular complexity index is 681. The second kappa shape index (κ2) is 15.9. The van der Waals surface area contributed by atoms with Crippen LogP contribution in [-0.2, 0) is 11.3 Å². The highest BCUT2D eigenvalue weighted by Crippen LogP contribution is 2.21. The van der Waals surface area contributed by atoms with Crippen LogP contribution >= 0.6 is 0 Å². The molecule has 0 amide bonds. The molecule has 0 fully saturated rings. The van der Waals surface area contributed by atoms with Crippen molar-refractivity contribution in [1.29, 1.82) is 0 Å². The lowest BCUT2D eigenvalue weighted by Gasteiger charge is -2.09. The van der Waals surface area contributed by atoms with E-state index in [0.29, 0.717) is 6.61 Å². The minimum atomic E-state index is 0.644. The van der Waals surface area contributed by atoms with Crippen molar-refractivity contribution in [3.05, 3.63) is 48.2 Å². The zero-order valence-electron chi connectivity index (χ0n) is 20.1. The molecule has 1 unspecified atom stereocenters.